The Morgan fingerprint density at radius 1 is 1.44 bits per heavy atom. The van der Waals surface area contributed by atoms with Crippen LogP contribution in [0.25, 0.3) is 5.69 Å². The van der Waals surface area contributed by atoms with E-state index >= 15 is 0 Å². The Hall–Kier alpha value is -1.05. The van der Waals surface area contributed by atoms with Gasteiger partial charge >= 0.3 is 0 Å². The Morgan fingerprint density at radius 3 is 2.94 bits per heavy atom. The van der Waals surface area contributed by atoms with Crippen LogP contribution in [0, 0.1) is 9.39 Å². The third kappa shape index (κ3) is 2.21. The number of halogens is 2. The predicted molar refractivity (Wildman–Crippen MR) is 65.8 cm³/mol. The van der Waals surface area contributed by atoms with Gasteiger partial charge in [0.25, 0.3) is 0 Å². The van der Waals surface area contributed by atoms with Gasteiger partial charge in [0.05, 0.1) is 5.69 Å². The number of benzene rings is 1. The molecule has 0 aliphatic heterocycles. The molecule has 0 aliphatic rings. The molecule has 2 aromatic rings. The molecule has 6 heteroatoms. The number of hydrogen-bond acceptors (Lipinski definition) is 3. The number of nitrogens with zero attached hydrogens (tertiary/aromatic N) is 4. The summed E-state index contributed by atoms with van der Waals surface area (Å²) in [6.45, 7) is 2.06. The van der Waals surface area contributed by atoms with Crippen LogP contribution in [-0.4, -0.2) is 20.2 Å². The third-order valence-electron chi connectivity index (χ3n) is 2.15. The highest BCUT2D eigenvalue weighted by atomic mass is 127. The summed E-state index contributed by atoms with van der Waals surface area (Å²) in [5, 5.41) is 11.5. The Bertz CT molecular complexity index is 497. The fraction of sp³-hybridized carbons (Fsp3) is 0.300. The zero-order valence-electron chi connectivity index (χ0n) is 8.69. The van der Waals surface area contributed by atoms with Gasteiger partial charge in [0.2, 0.25) is 0 Å². The molecule has 0 amide bonds. The average Bonchev–Trinajstić information content (AvgIpc) is 2.67. The summed E-state index contributed by atoms with van der Waals surface area (Å²) >= 11 is 2.08. The monoisotopic (exact) mass is 332 g/mol. The molecule has 0 radical (unpaired) electrons. The van der Waals surface area contributed by atoms with Crippen molar-refractivity contribution in [2.45, 2.75) is 19.8 Å². The first-order valence-corrected chi connectivity index (χ1v) is 6.03. The van der Waals surface area contributed by atoms with Gasteiger partial charge in [-0.25, -0.2) is 4.39 Å². The molecule has 0 fully saturated rings. The van der Waals surface area contributed by atoms with Gasteiger partial charge in [-0.3, -0.25) is 0 Å². The quantitative estimate of drug-likeness (QED) is 0.811. The molecule has 16 heavy (non-hydrogen) atoms. The summed E-state index contributed by atoms with van der Waals surface area (Å²) in [6.07, 6.45) is 1.78. The second-order valence-corrected chi connectivity index (χ2v) is 4.51. The van der Waals surface area contributed by atoms with Crippen LogP contribution in [0.5, 0.6) is 0 Å². The molecule has 2 rings (SSSR count). The molecular weight excluding hydrogens is 322 g/mol. The summed E-state index contributed by atoms with van der Waals surface area (Å²) in [7, 11) is 0. The topological polar surface area (TPSA) is 43.6 Å². The van der Waals surface area contributed by atoms with Crippen LogP contribution in [0.1, 0.15) is 19.2 Å². The Morgan fingerprint density at radius 2 is 2.25 bits per heavy atom. The van der Waals surface area contributed by atoms with Crippen molar-refractivity contribution >= 4 is 22.6 Å². The number of tetrazole rings is 1. The lowest BCUT2D eigenvalue weighted by molar-refractivity contribution is 0.625. The highest BCUT2D eigenvalue weighted by molar-refractivity contribution is 14.1. The molecule has 0 saturated carbocycles. The summed E-state index contributed by atoms with van der Waals surface area (Å²) < 4.78 is 15.4. The second kappa shape index (κ2) is 4.86. The molecule has 0 atom stereocenters. The van der Waals surface area contributed by atoms with E-state index in [1.165, 1.54) is 12.1 Å². The van der Waals surface area contributed by atoms with Gasteiger partial charge in [-0.15, -0.1) is 5.10 Å². The van der Waals surface area contributed by atoms with Crippen molar-refractivity contribution in [2.24, 2.45) is 0 Å². The SMILES string of the molecule is CCCc1nnnn1-c1ccc(F)cc1I. The molecule has 1 aromatic heterocycles. The van der Waals surface area contributed by atoms with Crippen LogP contribution < -0.4 is 0 Å². The van der Waals surface area contributed by atoms with Gasteiger partial charge < -0.3 is 0 Å². The highest BCUT2D eigenvalue weighted by Crippen LogP contribution is 2.18. The van der Waals surface area contributed by atoms with E-state index in [9.17, 15) is 4.39 Å². The molecule has 1 aromatic carbocycles. The molecule has 0 aliphatic carbocycles. The second-order valence-electron chi connectivity index (χ2n) is 3.35. The number of rotatable bonds is 3. The van der Waals surface area contributed by atoms with E-state index < -0.39 is 0 Å². The number of hydrogen-bond donors (Lipinski definition) is 0. The fourth-order valence-electron chi connectivity index (χ4n) is 1.43. The Labute approximate surface area is 106 Å². The molecule has 0 unspecified atom stereocenters. The smallest absolute Gasteiger partial charge is 0.156 e. The maximum absolute atomic E-state index is 13.0. The molecule has 0 saturated heterocycles. The van der Waals surface area contributed by atoms with E-state index in [0.717, 1.165) is 27.9 Å². The van der Waals surface area contributed by atoms with Gasteiger partial charge in [-0.05, 0) is 57.6 Å². The van der Waals surface area contributed by atoms with Gasteiger partial charge in [0.15, 0.2) is 5.82 Å². The van der Waals surface area contributed by atoms with Crippen molar-refractivity contribution in [1.29, 1.82) is 0 Å². The van der Waals surface area contributed by atoms with Crippen molar-refractivity contribution in [1.82, 2.24) is 20.2 Å². The van der Waals surface area contributed by atoms with Crippen LogP contribution in [0.15, 0.2) is 18.2 Å². The molecule has 1 heterocycles. The van der Waals surface area contributed by atoms with E-state index in [1.54, 1.807) is 10.7 Å². The van der Waals surface area contributed by atoms with Crippen molar-refractivity contribution < 1.29 is 4.39 Å². The van der Waals surface area contributed by atoms with Crippen molar-refractivity contribution in [3.05, 3.63) is 33.4 Å². The van der Waals surface area contributed by atoms with Gasteiger partial charge in [0, 0.05) is 9.99 Å². The van der Waals surface area contributed by atoms with E-state index in [4.69, 9.17) is 0 Å². The minimum absolute atomic E-state index is 0.252. The van der Waals surface area contributed by atoms with E-state index in [2.05, 4.69) is 45.0 Å². The lowest BCUT2D eigenvalue weighted by atomic mass is 10.3. The van der Waals surface area contributed by atoms with Crippen molar-refractivity contribution in [3.63, 3.8) is 0 Å². The number of aromatic nitrogens is 4. The molecule has 84 valence electrons. The Kier molecular flexibility index (Phi) is 3.47. The fourth-order valence-corrected chi connectivity index (χ4v) is 2.13. The summed E-state index contributed by atoms with van der Waals surface area (Å²) in [5.74, 6) is 0.547. The lowest BCUT2D eigenvalue weighted by Gasteiger charge is -2.05. The average molecular weight is 332 g/mol. The van der Waals surface area contributed by atoms with Crippen LogP contribution >= 0.6 is 22.6 Å². The molecule has 0 spiro atoms. The van der Waals surface area contributed by atoms with E-state index in [1.807, 2.05) is 0 Å². The molecule has 0 bridgehead atoms. The standard InChI is InChI=1S/C10H10FIN4/c1-2-3-10-13-14-15-16(10)9-5-4-7(11)6-8(9)12/h4-6H,2-3H2,1H3. The lowest BCUT2D eigenvalue weighted by Crippen LogP contribution is -2.05. The Balaban J connectivity index is 2.46. The van der Waals surface area contributed by atoms with Crippen molar-refractivity contribution in [3.8, 4) is 5.69 Å². The number of aryl methyl sites for hydroxylation is 1. The maximum Gasteiger partial charge on any atom is 0.156 e. The minimum Gasteiger partial charge on any atom is -0.207 e. The van der Waals surface area contributed by atoms with E-state index in [0.29, 0.717) is 0 Å². The van der Waals surface area contributed by atoms with Crippen LogP contribution in [0.4, 0.5) is 4.39 Å². The first-order chi connectivity index (χ1) is 7.72. The van der Waals surface area contributed by atoms with Crippen molar-refractivity contribution in [2.75, 3.05) is 0 Å². The zero-order valence-corrected chi connectivity index (χ0v) is 10.8. The normalized spacial score (nSPS) is 10.7. The summed E-state index contributed by atoms with van der Waals surface area (Å²) in [4.78, 5) is 0. The van der Waals surface area contributed by atoms with E-state index in [-0.39, 0.29) is 5.82 Å². The first kappa shape index (κ1) is 11.4. The summed E-state index contributed by atoms with van der Waals surface area (Å²) in [6, 6.07) is 4.56. The third-order valence-corrected chi connectivity index (χ3v) is 3.01. The highest BCUT2D eigenvalue weighted by Gasteiger charge is 2.10. The van der Waals surface area contributed by atoms with Gasteiger partial charge in [0.1, 0.15) is 5.82 Å². The van der Waals surface area contributed by atoms with Crippen LogP contribution in [0.3, 0.4) is 0 Å². The first-order valence-electron chi connectivity index (χ1n) is 4.95. The zero-order chi connectivity index (χ0) is 11.5. The van der Waals surface area contributed by atoms with Crippen LogP contribution in [0.2, 0.25) is 0 Å². The van der Waals surface area contributed by atoms with Gasteiger partial charge in [-0.1, -0.05) is 6.92 Å². The summed E-state index contributed by atoms with van der Waals surface area (Å²) in [5.41, 5.74) is 0.815. The minimum atomic E-state index is -0.252. The maximum atomic E-state index is 13.0. The predicted octanol–water partition coefficient (Wildman–Crippen LogP) is 2.36. The molecular formula is C10H10FIN4. The molecule has 4 nitrogen and oxygen atoms in total. The van der Waals surface area contributed by atoms with Crippen LogP contribution in [-0.2, 0) is 6.42 Å². The van der Waals surface area contributed by atoms with Gasteiger partial charge in [-0.2, -0.15) is 4.68 Å². The molecule has 0 N–H and O–H groups in total. The largest absolute Gasteiger partial charge is 0.207 e.